The van der Waals surface area contributed by atoms with Gasteiger partial charge in [-0.3, -0.25) is 14.4 Å². The van der Waals surface area contributed by atoms with E-state index in [0.717, 1.165) is 116 Å². The van der Waals surface area contributed by atoms with Crippen LogP contribution in [0.15, 0.2) is 261 Å². The van der Waals surface area contributed by atoms with Crippen molar-refractivity contribution in [1.29, 1.82) is 5.26 Å². The predicted octanol–water partition coefficient (Wildman–Crippen LogP) is 18.8. The number of benzene rings is 11. The van der Waals surface area contributed by atoms with Crippen molar-refractivity contribution in [1.82, 2.24) is 40.0 Å². The zero-order chi connectivity index (χ0) is 105. The van der Waals surface area contributed by atoms with Crippen molar-refractivity contribution in [2.45, 2.75) is 110 Å². The molecule has 16 rings (SSSR count). The maximum absolute atomic E-state index is 14.8. The van der Waals surface area contributed by atoms with Crippen LogP contribution in [0.5, 0.6) is 0 Å². The van der Waals surface area contributed by atoms with Crippen LogP contribution in [0.3, 0.4) is 0 Å². The molecule has 3 unspecified atom stereocenters. The summed E-state index contributed by atoms with van der Waals surface area (Å²) in [5.41, 5.74) is 31.0. The van der Waals surface area contributed by atoms with Crippen LogP contribution in [0, 0.1) is 110 Å². The first-order valence-corrected chi connectivity index (χ1v) is 54.8. The number of nitrogen functional groups attached to an aromatic ring is 1. The van der Waals surface area contributed by atoms with Crippen LogP contribution >= 0.6 is 20.4 Å². The van der Waals surface area contributed by atoms with E-state index >= 15 is 0 Å². The molecule has 0 saturated heterocycles. The number of nitrogens with zero attached hydrogens (tertiary/aromatic N) is 10. The number of carboxylic acids is 1. The van der Waals surface area contributed by atoms with E-state index in [4.69, 9.17) is 66.8 Å². The Kier molecular flexibility index (Phi) is 50.5. The van der Waals surface area contributed by atoms with Crippen molar-refractivity contribution >= 4 is 112 Å². The molecule has 1 amide bonds. The Bertz CT molecular complexity index is 6770. The minimum absolute atomic E-state index is 0. The van der Waals surface area contributed by atoms with Gasteiger partial charge in [-0.05, 0) is 251 Å². The summed E-state index contributed by atoms with van der Waals surface area (Å²) in [7, 11) is 6.83. The number of amides is 1. The Morgan fingerprint density at radius 3 is 1.47 bits per heavy atom. The number of aryl methyl sites for hydroxylation is 3. The molecular formula is C107H112BrCl2F8MgN17NiO7Si2. The number of carbonyl (C=O) groups is 4. The minimum atomic E-state index is -1.42. The van der Waals surface area contributed by atoms with Gasteiger partial charge in [-0.15, -0.1) is 0 Å². The summed E-state index contributed by atoms with van der Waals surface area (Å²) in [6.07, 6.45) is 2.78. The average molecular weight is 2190 g/mol. The topological polar surface area (TPSA) is 358 Å². The smallest absolute Gasteiger partial charge is 2.00 e. The molecule has 11 aromatic carbocycles. The van der Waals surface area contributed by atoms with Crippen LogP contribution in [0.4, 0.5) is 63.6 Å². The van der Waals surface area contributed by atoms with Gasteiger partial charge in [0.1, 0.15) is 86.6 Å². The van der Waals surface area contributed by atoms with E-state index in [2.05, 4.69) is 109 Å². The summed E-state index contributed by atoms with van der Waals surface area (Å²) >= 11 is 0.569. The minimum Gasteiger partial charge on any atom is 2.00 e. The second-order valence-electron chi connectivity index (χ2n) is 34.9. The van der Waals surface area contributed by atoms with Gasteiger partial charge in [-0.1, -0.05) is 124 Å². The van der Waals surface area contributed by atoms with Crippen LogP contribution in [0.1, 0.15) is 147 Å². The van der Waals surface area contributed by atoms with Crippen molar-refractivity contribution in [3.8, 4) is 23.1 Å². The number of carbonyl (C=O) groups excluding carboxylic acids is 3. The van der Waals surface area contributed by atoms with Crippen LogP contribution in [0.2, 0.25) is 39.3 Å². The van der Waals surface area contributed by atoms with E-state index in [1.165, 1.54) is 52.2 Å². The normalized spacial score (nSPS) is 12.1. The van der Waals surface area contributed by atoms with Crippen molar-refractivity contribution in [2.24, 2.45) is 29.0 Å². The number of rotatable bonds is 27. The summed E-state index contributed by atoms with van der Waals surface area (Å²) in [4.78, 5) is 54.3. The number of aliphatic hydroxyl groups is 2. The van der Waals surface area contributed by atoms with Crippen molar-refractivity contribution in [3.05, 3.63) is 421 Å². The predicted molar refractivity (Wildman–Crippen MR) is 555 cm³/mol. The van der Waals surface area contributed by atoms with Crippen LogP contribution in [-0.4, -0.2) is 147 Å². The molecule has 3 atom stereocenters. The summed E-state index contributed by atoms with van der Waals surface area (Å²) in [6.45, 7) is 39.0. The van der Waals surface area contributed by atoms with E-state index in [0.29, 0.717) is 112 Å². The molecule has 3 aromatic heterocycles. The molecule has 0 spiro atoms. The third kappa shape index (κ3) is 38.6. The number of hydrogen-bond donors (Lipinski definition) is 10. The third-order valence-electron chi connectivity index (χ3n) is 21.3. The van der Waals surface area contributed by atoms with Gasteiger partial charge in [-0.2, -0.15) is 50.9 Å². The van der Waals surface area contributed by atoms with E-state index < -0.39 is 93.1 Å². The van der Waals surface area contributed by atoms with Gasteiger partial charge >= 0.3 is 62.1 Å². The first-order chi connectivity index (χ1) is 68.7. The first-order valence-electron chi connectivity index (χ1n) is 45.2. The maximum atomic E-state index is 14.8. The SMILES string of the molecule is C[Si](C)(C)N(c1c[c-]ccc1)[Si](C)(C)C.Cc1cc(C(=O)O)n(-c2cccc(C#N)c2)n1.NCC1CC1.NCCNCCN.Nc1cccc(C(O)c2cc(F)ccc2F)c1.O=Cc1cc(F)ccc1F.[Br-].[C-]#[N+]c1cccc(-n2nc(C)cc2C(=O)Cc2cccc(C(NCC3CC3)c3cc(F)ccc3F)c2)c1.[C-]#[N+]c1cccc(-n2nc(C)cc2C(=O)Nc2cccc(C(O)c3cc(F)ccc3F)c2)c1.[Cl][Ni][Cl].[Mg+2]. The van der Waals surface area contributed by atoms with Crippen LogP contribution < -0.4 is 60.1 Å². The Hall–Kier alpha value is -12.7. The molecule has 0 radical (unpaired) electrons. The van der Waals surface area contributed by atoms with Gasteiger partial charge in [0, 0.05) is 60.7 Å². The number of aromatic nitrogens is 6. The van der Waals surface area contributed by atoms with Gasteiger partial charge in [-0.25, -0.2) is 63.7 Å². The largest absolute Gasteiger partial charge is 2.00 e. The van der Waals surface area contributed by atoms with Crippen molar-refractivity contribution in [2.75, 3.05) is 54.6 Å². The second-order valence-corrected chi connectivity index (χ2v) is 46.6. The molecule has 2 aliphatic rings. The monoisotopic (exact) mass is 2190 g/mol. The van der Waals surface area contributed by atoms with Gasteiger partial charge < -0.3 is 75.4 Å². The van der Waals surface area contributed by atoms with E-state index in [1.54, 1.807) is 134 Å². The van der Waals surface area contributed by atoms with Gasteiger partial charge in [0.25, 0.3) is 5.91 Å². The molecule has 146 heavy (non-hydrogen) atoms. The molecule has 0 bridgehead atoms. The number of aldehydes is 1. The summed E-state index contributed by atoms with van der Waals surface area (Å²) in [6, 6.07) is 70.4. The standard InChI is InChI=1S/C30H26F2N4O.C25H18F2N4O2.C13H11F2NO.C12H9N3O2.C12H22NSi2.C7H4F2O.C4H13N3.C4H9N.BrH.2ClH.Mg.Ni/c1-19-13-28(36(35-19)25-8-4-7-24(17-25)33-2)29(37)15-21-5-3-6-22(14-21)30(34-18-20-9-10-20)26-16-23(31)11-12-27(26)32;1-15-11-23(31(30-15)20-8-4-6-18(14-20)28-2)25(33)29-19-7-3-5-16(12-19)24(32)21-13-17(26)9-10-22(21)27;14-9-4-5-12(15)11(7-9)13(17)8-2-1-3-10(16)6-8;1-8-5-11(12(16)17)15(14-8)10-4-2-3-9(6-10)7-13;1-14(2,3)13(15(4,5)6)12-10-8-7-9-11-12;8-6-1-2-7(9)5(3-6)4-10;5-1-3-7-4-2-6;5-3-4-1-2-4;;;;;/h3-8,11-14,16-17,20,30,34H,9-10,15,18H2,1H3;3-14,24,32H,1H3,(H,29,33);1-7,13,17H,16H2;2-6H,1H3,(H,16,17);7-8,10-11H,1-6H3;1-4H;7H,1-6H2;4H,1-3,5H2;3*1H;;/q;;;;-1;;;;;;;2*+2/p-3. The number of Topliss-reactive ketones (excluding diaryl/α,β-unsaturated/α-hetero) is 1. The van der Waals surface area contributed by atoms with E-state index in [-0.39, 0.29) is 97.7 Å². The van der Waals surface area contributed by atoms with Gasteiger partial charge in [0.05, 0.1) is 70.5 Å². The number of nitriles is 1. The number of anilines is 3. The molecular weight excluding hydrogens is 2080 g/mol. The number of aliphatic hydroxyl groups excluding tert-OH is 2. The van der Waals surface area contributed by atoms with Gasteiger partial charge in [0.15, 0.2) is 29.1 Å². The summed E-state index contributed by atoms with van der Waals surface area (Å²) in [5.74, 6) is -5.11. The number of ketones is 1. The molecule has 24 nitrogen and oxygen atoms in total. The Labute approximate surface area is 887 Å². The fourth-order valence-electron chi connectivity index (χ4n) is 14.7. The maximum Gasteiger partial charge on any atom is 2.00 e. The molecule has 2 fully saturated rings. The van der Waals surface area contributed by atoms with E-state index in [1.807, 2.05) is 49.4 Å². The number of halogens is 11. The first kappa shape index (κ1) is 122. The fraction of sp³-hybridized carbons (Fsp3) is 0.234. The second kappa shape index (κ2) is 60.4. The quantitative estimate of drug-likeness (QED) is 0.00435. The number of aromatic carboxylic acids is 1. The molecule has 2 saturated carbocycles. The summed E-state index contributed by atoms with van der Waals surface area (Å²) < 4.78 is 114. The molecule has 39 heteroatoms. The van der Waals surface area contributed by atoms with Crippen molar-refractivity contribution < 1.29 is 99.3 Å². The number of carboxylic acid groups (broad SMARTS) is 1. The van der Waals surface area contributed by atoms with Crippen LogP contribution in [-0.2, 0) is 19.1 Å². The number of nitrogens with two attached hydrogens (primary N) is 4. The third-order valence-corrected chi connectivity index (χ3v) is 28.5. The Morgan fingerprint density at radius 1 is 0.562 bits per heavy atom. The fourth-order valence-corrected chi connectivity index (χ4v) is 24.6. The number of hydrogen-bond acceptors (Lipinski definition) is 17. The van der Waals surface area contributed by atoms with E-state index in [9.17, 15) is 64.5 Å². The zero-order valence-corrected chi connectivity index (χ0v) is 89.0. The molecule has 14 aromatic rings. The number of nitrogens with one attached hydrogen (secondary N) is 3. The van der Waals surface area contributed by atoms with Crippen LogP contribution in [0.25, 0.3) is 26.8 Å². The Balaban J connectivity index is 0.000000271. The summed E-state index contributed by atoms with van der Waals surface area (Å²) in [5, 5.41) is 60.5. The van der Waals surface area contributed by atoms with Crippen molar-refractivity contribution in [3.63, 3.8) is 0 Å². The molecule has 2 aliphatic carbocycles. The molecule has 3 heterocycles. The molecule has 0 aliphatic heterocycles. The molecule has 764 valence electrons. The zero-order valence-electron chi connectivity index (χ0n) is 81.5. The Morgan fingerprint density at radius 2 is 1.01 bits per heavy atom. The molecule has 14 N–H and O–H groups in total. The average Bonchev–Trinajstić information content (AvgIpc) is 1.08. The van der Waals surface area contributed by atoms with Gasteiger partial charge in [0.2, 0.25) is 0 Å².